The van der Waals surface area contributed by atoms with E-state index in [1.165, 1.54) is 12.1 Å². The average Bonchev–Trinajstić information content (AvgIpc) is 3.22. The number of nitrogens with two attached hydrogens (primary N) is 1. The second-order valence-electron chi connectivity index (χ2n) is 4.73. The molecule has 0 amide bonds. The monoisotopic (exact) mass is 413 g/mol. The molecule has 20 heavy (non-hydrogen) atoms. The molecule has 1 unspecified atom stereocenters. The largest absolute Gasteiger partial charge is 0.386 e. The Balaban J connectivity index is 0.00000200. The maximum atomic E-state index is 13.3. The van der Waals surface area contributed by atoms with Crippen LogP contribution in [0.5, 0.6) is 0 Å². The number of hydrogen-bond acceptors (Lipinski definition) is 2. The summed E-state index contributed by atoms with van der Waals surface area (Å²) in [5.41, 5.74) is 6.25. The number of guanidine groups is 1. The van der Waals surface area contributed by atoms with Crippen LogP contribution in [0, 0.1) is 5.82 Å². The van der Waals surface area contributed by atoms with E-state index < -0.39 is 11.9 Å². The van der Waals surface area contributed by atoms with Crippen molar-refractivity contribution in [2.75, 3.05) is 13.6 Å². The van der Waals surface area contributed by atoms with Crippen LogP contribution in [-0.2, 0) is 0 Å². The zero-order chi connectivity index (χ0) is 14.0. The molecule has 4 nitrogen and oxygen atoms in total. The third-order valence-corrected chi connectivity index (χ3v) is 3.52. The van der Waals surface area contributed by atoms with Gasteiger partial charge in [-0.3, -0.25) is 4.99 Å². The van der Waals surface area contributed by atoms with Gasteiger partial charge < -0.3 is 15.7 Å². The first-order valence-corrected chi connectivity index (χ1v) is 6.52. The van der Waals surface area contributed by atoms with Gasteiger partial charge in [-0.25, -0.2) is 4.39 Å². The van der Waals surface area contributed by atoms with E-state index in [1.54, 1.807) is 6.07 Å². The van der Waals surface area contributed by atoms with Crippen LogP contribution in [0.15, 0.2) is 23.2 Å². The maximum Gasteiger partial charge on any atom is 0.191 e. The van der Waals surface area contributed by atoms with Crippen molar-refractivity contribution in [2.24, 2.45) is 10.7 Å². The van der Waals surface area contributed by atoms with Crippen LogP contribution in [-0.4, -0.2) is 35.6 Å². The molecule has 1 aromatic rings. The van der Waals surface area contributed by atoms with Crippen molar-refractivity contribution in [3.8, 4) is 0 Å². The van der Waals surface area contributed by atoms with Crippen molar-refractivity contribution >= 4 is 41.5 Å². The molecule has 1 aromatic carbocycles. The van der Waals surface area contributed by atoms with Crippen LogP contribution >= 0.6 is 35.6 Å². The third-order valence-electron chi connectivity index (χ3n) is 3.21. The number of benzene rings is 1. The van der Waals surface area contributed by atoms with Gasteiger partial charge in [0, 0.05) is 13.1 Å². The Hall–Kier alpha value is -0.600. The van der Waals surface area contributed by atoms with Gasteiger partial charge in [0.25, 0.3) is 0 Å². The van der Waals surface area contributed by atoms with Gasteiger partial charge in [-0.1, -0.05) is 17.7 Å². The molecule has 7 heteroatoms. The van der Waals surface area contributed by atoms with E-state index in [0.717, 1.165) is 12.8 Å². The summed E-state index contributed by atoms with van der Waals surface area (Å²) in [7, 11) is 1.88. The molecule has 0 spiro atoms. The first-order chi connectivity index (χ1) is 8.99. The topological polar surface area (TPSA) is 61.8 Å². The quantitative estimate of drug-likeness (QED) is 0.453. The van der Waals surface area contributed by atoms with Crippen molar-refractivity contribution in [3.63, 3.8) is 0 Å². The van der Waals surface area contributed by atoms with Crippen LogP contribution < -0.4 is 5.73 Å². The number of aliphatic imine (C=N–C) groups is 1. The van der Waals surface area contributed by atoms with Crippen LogP contribution in [0.3, 0.4) is 0 Å². The predicted molar refractivity (Wildman–Crippen MR) is 89.1 cm³/mol. The first-order valence-electron chi connectivity index (χ1n) is 6.15. The molecular formula is C13H18ClFIN3O. The molecule has 1 aliphatic rings. The lowest BCUT2D eigenvalue weighted by molar-refractivity contribution is 0.186. The number of aliphatic hydroxyl groups is 1. The molecular weight excluding hydrogens is 396 g/mol. The normalized spacial score (nSPS) is 16.5. The summed E-state index contributed by atoms with van der Waals surface area (Å²) >= 11 is 5.59. The minimum atomic E-state index is -0.891. The van der Waals surface area contributed by atoms with E-state index in [4.69, 9.17) is 17.3 Å². The highest BCUT2D eigenvalue weighted by molar-refractivity contribution is 14.0. The summed E-state index contributed by atoms with van der Waals surface area (Å²) in [5.74, 6) is -0.152. The summed E-state index contributed by atoms with van der Waals surface area (Å²) in [6, 6.07) is 4.67. The van der Waals surface area contributed by atoms with Gasteiger partial charge in [0.1, 0.15) is 5.82 Å². The highest BCUT2D eigenvalue weighted by Gasteiger charge is 2.27. The first kappa shape index (κ1) is 17.5. The molecule has 0 bridgehead atoms. The van der Waals surface area contributed by atoms with Crippen molar-refractivity contribution in [3.05, 3.63) is 34.6 Å². The minimum Gasteiger partial charge on any atom is -0.386 e. The van der Waals surface area contributed by atoms with Crippen LogP contribution in [0.1, 0.15) is 24.5 Å². The van der Waals surface area contributed by atoms with Crippen molar-refractivity contribution in [1.82, 2.24) is 4.90 Å². The van der Waals surface area contributed by atoms with E-state index in [2.05, 4.69) is 4.99 Å². The lowest BCUT2D eigenvalue weighted by atomic mass is 10.1. The SMILES string of the molecule is CN(C(N)=NCC(O)c1ccc(Cl)c(F)c1)C1CC1.I. The molecule has 0 aliphatic heterocycles. The van der Waals surface area contributed by atoms with Gasteiger partial charge in [-0.05, 0) is 30.5 Å². The molecule has 2 rings (SSSR count). The third kappa shape index (κ3) is 4.46. The summed E-state index contributed by atoms with van der Waals surface area (Å²) in [6.07, 6.45) is 1.35. The Labute approximate surface area is 139 Å². The molecule has 0 saturated heterocycles. The lowest BCUT2D eigenvalue weighted by Crippen LogP contribution is -2.36. The highest BCUT2D eigenvalue weighted by Crippen LogP contribution is 2.25. The highest BCUT2D eigenvalue weighted by atomic mass is 127. The Kier molecular flexibility index (Phi) is 6.47. The molecule has 0 aromatic heterocycles. The summed E-state index contributed by atoms with van der Waals surface area (Å²) in [6.45, 7) is 0.101. The van der Waals surface area contributed by atoms with E-state index >= 15 is 0 Å². The zero-order valence-electron chi connectivity index (χ0n) is 11.1. The minimum absolute atomic E-state index is 0. The molecule has 1 atom stereocenters. The van der Waals surface area contributed by atoms with Crippen LogP contribution in [0.4, 0.5) is 4.39 Å². The fraction of sp³-hybridized carbons (Fsp3) is 0.462. The van der Waals surface area contributed by atoms with Crippen LogP contribution in [0.25, 0.3) is 0 Å². The van der Waals surface area contributed by atoms with Crippen molar-refractivity contribution in [1.29, 1.82) is 0 Å². The van der Waals surface area contributed by atoms with Gasteiger partial charge in [0.2, 0.25) is 0 Å². The van der Waals surface area contributed by atoms with Gasteiger partial charge >= 0.3 is 0 Å². The number of rotatable bonds is 4. The smallest absolute Gasteiger partial charge is 0.191 e. The van der Waals surface area contributed by atoms with Gasteiger partial charge in [-0.15, -0.1) is 24.0 Å². The standard InChI is InChI=1S/C13H17ClFN3O.HI/c1-18(9-3-4-9)13(16)17-7-12(19)8-2-5-10(14)11(15)6-8;/h2,5-6,9,12,19H,3-4,7H2,1H3,(H2,16,17);1H. The van der Waals surface area contributed by atoms with Crippen LogP contribution in [0.2, 0.25) is 5.02 Å². The Morgan fingerprint density at radius 1 is 1.60 bits per heavy atom. The van der Waals surface area contributed by atoms with Crippen molar-refractivity contribution in [2.45, 2.75) is 25.0 Å². The molecule has 3 N–H and O–H groups in total. The predicted octanol–water partition coefficient (Wildman–Crippen LogP) is 2.54. The number of nitrogens with zero attached hydrogens (tertiary/aromatic N) is 2. The van der Waals surface area contributed by atoms with Gasteiger partial charge in [0.15, 0.2) is 5.96 Å². The summed E-state index contributed by atoms with van der Waals surface area (Å²) in [4.78, 5) is 6.03. The zero-order valence-corrected chi connectivity index (χ0v) is 14.2. The van der Waals surface area contributed by atoms with E-state index in [-0.39, 0.29) is 35.5 Å². The molecule has 0 radical (unpaired) electrons. The lowest BCUT2D eigenvalue weighted by Gasteiger charge is -2.17. The second kappa shape index (κ2) is 7.42. The van der Waals surface area contributed by atoms with Gasteiger partial charge in [0.05, 0.1) is 17.7 Å². The van der Waals surface area contributed by atoms with E-state index in [9.17, 15) is 9.50 Å². The fourth-order valence-corrected chi connectivity index (χ4v) is 1.88. The van der Waals surface area contributed by atoms with E-state index in [1.807, 2.05) is 11.9 Å². The molecule has 0 heterocycles. The molecule has 1 saturated carbocycles. The maximum absolute atomic E-state index is 13.3. The molecule has 1 fully saturated rings. The second-order valence-corrected chi connectivity index (χ2v) is 5.14. The van der Waals surface area contributed by atoms with Gasteiger partial charge in [-0.2, -0.15) is 0 Å². The average molecular weight is 414 g/mol. The number of halogens is 3. The number of hydrogen-bond donors (Lipinski definition) is 2. The Bertz CT molecular complexity index is 497. The van der Waals surface area contributed by atoms with Crippen molar-refractivity contribution < 1.29 is 9.50 Å². The summed E-state index contributed by atoms with van der Waals surface area (Å²) in [5, 5.41) is 9.96. The number of aliphatic hydroxyl groups excluding tert-OH is 1. The van der Waals surface area contributed by atoms with E-state index in [0.29, 0.717) is 17.6 Å². The fourth-order valence-electron chi connectivity index (χ4n) is 1.77. The molecule has 1 aliphatic carbocycles. The Morgan fingerprint density at radius 2 is 2.25 bits per heavy atom. The Morgan fingerprint density at radius 3 is 2.80 bits per heavy atom. The molecule has 112 valence electrons. The summed E-state index contributed by atoms with van der Waals surface area (Å²) < 4.78 is 13.3.